The van der Waals surface area contributed by atoms with E-state index >= 15 is 4.39 Å². The van der Waals surface area contributed by atoms with Crippen molar-refractivity contribution >= 4 is 27.7 Å². The van der Waals surface area contributed by atoms with Gasteiger partial charge in [0.2, 0.25) is 0 Å². The van der Waals surface area contributed by atoms with Gasteiger partial charge in [-0.05, 0) is 65.6 Å². The van der Waals surface area contributed by atoms with Crippen molar-refractivity contribution in [1.82, 2.24) is 0 Å². The summed E-state index contributed by atoms with van der Waals surface area (Å²) in [5.74, 6) is 1.46. The van der Waals surface area contributed by atoms with E-state index in [4.69, 9.17) is 14.2 Å². The zero-order chi connectivity index (χ0) is 21.3. The van der Waals surface area contributed by atoms with Crippen molar-refractivity contribution in [2.45, 2.75) is 11.8 Å². The number of ether oxygens (including phenoxy) is 3. The van der Waals surface area contributed by atoms with Crippen LogP contribution >= 0.6 is 11.3 Å². The second-order valence-corrected chi connectivity index (χ2v) is 7.97. The van der Waals surface area contributed by atoms with Crippen molar-refractivity contribution in [2.24, 2.45) is 0 Å². The lowest BCUT2D eigenvalue weighted by atomic mass is 9.81. The molecule has 30 heavy (non-hydrogen) atoms. The summed E-state index contributed by atoms with van der Waals surface area (Å²) in [6, 6.07) is 13.3. The smallest absolute Gasteiger partial charge is 0.156 e. The van der Waals surface area contributed by atoms with Gasteiger partial charge in [-0.3, -0.25) is 4.79 Å². The van der Waals surface area contributed by atoms with Crippen molar-refractivity contribution in [3.63, 3.8) is 0 Å². The zero-order valence-electron chi connectivity index (χ0n) is 16.8. The molecule has 1 aliphatic rings. The Balaban J connectivity index is 2.00. The van der Waals surface area contributed by atoms with E-state index in [1.54, 1.807) is 37.7 Å². The van der Waals surface area contributed by atoms with Crippen molar-refractivity contribution < 1.29 is 23.4 Å². The number of fused-ring (bicyclic) bond motifs is 1. The molecule has 1 heterocycles. The Morgan fingerprint density at radius 3 is 2.33 bits per heavy atom. The topological polar surface area (TPSA) is 44.8 Å². The van der Waals surface area contributed by atoms with E-state index in [1.807, 2.05) is 42.5 Å². The minimum Gasteiger partial charge on any atom is -0.497 e. The molecule has 0 fully saturated rings. The van der Waals surface area contributed by atoms with Gasteiger partial charge >= 0.3 is 0 Å². The predicted octanol–water partition coefficient (Wildman–Crippen LogP) is 5.46. The summed E-state index contributed by atoms with van der Waals surface area (Å²) in [7, 11) is 4.72. The molecule has 0 aliphatic heterocycles. The van der Waals surface area contributed by atoms with Crippen LogP contribution in [-0.4, -0.2) is 33.8 Å². The molecule has 4 rings (SSSR count). The fraction of sp³-hybridized carbons (Fsp3) is 0.208. The molecule has 0 amide bonds. The predicted molar refractivity (Wildman–Crippen MR) is 117 cm³/mol. The van der Waals surface area contributed by atoms with E-state index in [0.717, 1.165) is 37.6 Å². The maximum atomic E-state index is 15.5. The Kier molecular flexibility index (Phi) is 5.45. The Morgan fingerprint density at radius 2 is 1.73 bits per heavy atom. The van der Waals surface area contributed by atoms with Crippen molar-refractivity contribution in [3.05, 3.63) is 71.8 Å². The maximum absolute atomic E-state index is 15.5. The van der Waals surface area contributed by atoms with Crippen LogP contribution in [0.2, 0.25) is 0 Å². The van der Waals surface area contributed by atoms with Crippen LogP contribution in [0.5, 0.6) is 11.5 Å². The van der Waals surface area contributed by atoms with Crippen LogP contribution in [0.15, 0.2) is 66.3 Å². The number of methoxy groups -OCH3 is 3. The van der Waals surface area contributed by atoms with Gasteiger partial charge in [0.25, 0.3) is 0 Å². The first-order valence-electron chi connectivity index (χ1n) is 9.37. The van der Waals surface area contributed by atoms with E-state index in [1.165, 1.54) is 13.2 Å². The van der Waals surface area contributed by atoms with Gasteiger partial charge in [0.15, 0.2) is 6.17 Å². The minimum absolute atomic E-state index is 0.294. The maximum Gasteiger partial charge on any atom is 0.156 e. The molecule has 0 saturated heterocycles. The Hall–Kier alpha value is -2.96. The molecular formula is C24H21FO4S. The summed E-state index contributed by atoms with van der Waals surface area (Å²) in [6.07, 6.45) is 3.67. The van der Waals surface area contributed by atoms with E-state index < -0.39 is 11.8 Å². The van der Waals surface area contributed by atoms with Crippen LogP contribution in [0, 0.1) is 0 Å². The number of allylic oxidation sites excluding steroid dienone is 2. The lowest BCUT2D eigenvalue weighted by Gasteiger charge is -2.34. The molecule has 3 aromatic rings. The second-order valence-electron chi connectivity index (χ2n) is 6.91. The molecule has 0 spiro atoms. The van der Waals surface area contributed by atoms with Crippen LogP contribution in [0.3, 0.4) is 0 Å². The molecule has 0 N–H and O–H groups in total. The summed E-state index contributed by atoms with van der Waals surface area (Å²) in [5, 5.41) is 0.878. The normalized spacial score (nSPS) is 20.8. The molecular weight excluding hydrogens is 403 g/mol. The van der Waals surface area contributed by atoms with Crippen molar-refractivity contribution in [1.29, 1.82) is 0 Å². The SMILES string of the molecule is COc1ccc(-c2sc3cc(OC)ccc3c2C2(OC)C=CC(C=O)=CC2F)cc1. The fourth-order valence-corrected chi connectivity index (χ4v) is 5.08. The fourth-order valence-electron chi connectivity index (χ4n) is 3.78. The average Bonchev–Trinajstić information content (AvgIpc) is 3.18. The van der Waals surface area contributed by atoms with Crippen LogP contribution < -0.4 is 9.47 Å². The standard InChI is InChI=1S/C24H21FO4S/c1-27-17-6-4-16(5-7-17)23-22(19-9-8-18(28-2)13-20(19)30-23)24(29-3)11-10-15(14-26)12-21(24)25/h4-14,21H,1-3H3. The lowest BCUT2D eigenvalue weighted by molar-refractivity contribution is -0.104. The van der Waals surface area contributed by atoms with E-state index in [0.29, 0.717) is 11.9 Å². The zero-order valence-corrected chi connectivity index (χ0v) is 17.7. The number of halogens is 1. The summed E-state index contributed by atoms with van der Waals surface area (Å²) in [4.78, 5) is 12.1. The summed E-state index contributed by atoms with van der Waals surface area (Å²) in [6.45, 7) is 0. The highest BCUT2D eigenvalue weighted by atomic mass is 32.1. The highest BCUT2D eigenvalue weighted by Gasteiger charge is 2.44. The molecule has 1 aromatic heterocycles. The van der Waals surface area contributed by atoms with Crippen molar-refractivity contribution in [2.75, 3.05) is 21.3 Å². The van der Waals surface area contributed by atoms with Gasteiger partial charge in [0.1, 0.15) is 23.4 Å². The Morgan fingerprint density at radius 1 is 1.03 bits per heavy atom. The van der Waals surface area contributed by atoms with Gasteiger partial charge in [-0.15, -0.1) is 11.3 Å². The number of benzene rings is 2. The molecule has 4 nitrogen and oxygen atoms in total. The van der Waals surface area contributed by atoms with Crippen LogP contribution in [0.25, 0.3) is 20.5 Å². The highest BCUT2D eigenvalue weighted by Crippen LogP contribution is 2.50. The summed E-state index contributed by atoms with van der Waals surface area (Å²) >= 11 is 1.54. The highest BCUT2D eigenvalue weighted by molar-refractivity contribution is 7.22. The lowest BCUT2D eigenvalue weighted by Crippen LogP contribution is -2.38. The number of hydrogen-bond donors (Lipinski definition) is 0. The largest absolute Gasteiger partial charge is 0.497 e. The number of carbonyl (C=O) groups is 1. The number of carbonyl (C=O) groups excluding carboxylic acids is 1. The molecule has 2 aromatic carbocycles. The van der Waals surface area contributed by atoms with Crippen LogP contribution in [-0.2, 0) is 15.1 Å². The third-order valence-corrected chi connectivity index (χ3v) is 6.59. The minimum atomic E-state index is -1.52. The number of aldehydes is 1. The molecule has 1 aliphatic carbocycles. The molecule has 2 atom stereocenters. The van der Waals surface area contributed by atoms with Gasteiger partial charge < -0.3 is 14.2 Å². The quantitative estimate of drug-likeness (QED) is 0.493. The molecule has 0 bridgehead atoms. The average molecular weight is 424 g/mol. The van der Waals surface area contributed by atoms with E-state index in [9.17, 15) is 4.79 Å². The molecule has 0 radical (unpaired) electrons. The monoisotopic (exact) mass is 424 g/mol. The number of rotatable bonds is 6. The Labute approximate surface area is 178 Å². The van der Waals surface area contributed by atoms with Crippen molar-refractivity contribution in [3.8, 4) is 21.9 Å². The van der Waals surface area contributed by atoms with Gasteiger partial charge in [-0.25, -0.2) is 4.39 Å². The third-order valence-electron chi connectivity index (χ3n) is 5.39. The third kappa shape index (κ3) is 3.22. The molecule has 6 heteroatoms. The van der Waals surface area contributed by atoms with Gasteiger partial charge in [0, 0.05) is 27.8 Å². The molecule has 154 valence electrons. The molecule has 0 saturated carbocycles. The second kappa shape index (κ2) is 8.05. The molecule has 2 unspecified atom stereocenters. The van der Waals surface area contributed by atoms with E-state index in [2.05, 4.69) is 0 Å². The Bertz CT molecular complexity index is 1150. The number of alkyl halides is 1. The van der Waals surface area contributed by atoms with Gasteiger partial charge in [-0.1, -0.05) is 6.08 Å². The first-order chi connectivity index (χ1) is 14.6. The van der Waals surface area contributed by atoms with Crippen LogP contribution in [0.4, 0.5) is 4.39 Å². The number of thiophene rings is 1. The van der Waals surface area contributed by atoms with Gasteiger partial charge in [0.05, 0.1) is 14.2 Å². The first kappa shape index (κ1) is 20.3. The van der Waals surface area contributed by atoms with Crippen LogP contribution in [0.1, 0.15) is 5.56 Å². The van der Waals surface area contributed by atoms with E-state index in [-0.39, 0.29) is 0 Å². The first-order valence-corrected chi connectivity index (χ1v) is 10.2. The number of hydrogen-bond acceptors (Lipinski definition) is 5. The van der Waals surface area contributed by atoms with Gasteiger partial charge in [-0.2, -0.15) is 0 Å². The summed E-state index contributed by atoms with van der Waals surface area (Å²) < 4.78 is 33.0. The summed E-state index contributed by atoms with van der Waals surface area (Å²) in [5.41, 5.74) is 0.590.